The molecule has 0 saturated carbocycles. The molecule has 2 N–H and O–H groups in total. The van der Waals surface area contributed by atoms with Crippen molar-refractivity contribution >= 4 is 31.9 Å². The molecular formula is C8H7BrF3NO5S. The molecule has 0 aliphatic heterocycles. The highest BCUT2D eigenvalue weighted by Crippen LogP contribution is 2.26. The van der Waals surface area contributed by atoms with Gasteiger partial charge in [0.1, 0.15) is 4.90 Å². The Bertz CT molecular complexity index is 580. The summed E-state index contributed by atoms with van der Waals surface area (Å²) in [6.07, 6.45) is -5.84. The molecule has 1 aromatic rings. The van der Waals surface area contributed by atoms with Gasteiger partial charge in [-0.05, 0) is 15.9 Å². The minimum absolute atomic E-state index is 0.399. The van der Waals surface area contributed by atoms with E-state index in [1.807, 2.05) is 0 Å². The van der Waals surface area contributed by atoms with Gasteiger partial charge in [0.05, 0.1) is 6.42 Å². The molecule has 1 aromatic heterocycles. The second kappa shape index (κ2) is 5.51. The van der Waals surface area contributed by atoms with E-state index in [4.69, 9.17) is 5.11 Å². The molecule has 0 unspecified atom stereocenters. The monoisotopic (exact) mass is 365 g/mol. The fraction of sp³-hybridized carbons (Fsp3) is 0.375. The van der Waals surface area contributed by atoms with E-state index in [1.54, 1.807) is 4.72 Å². The Morgan fingerprint density at radius 1 is 1.47 bits per heavy atom. The predicted molar refractivity (Wildman–Crippen MR) is 59.2 cm³/mol. The molecule has 19 heavy (non-hydrogen) atoms. The van der Waals surface area contributed by atoms with Crippen LogP contribution >= 0.6 is 15.9 Å². The lowest BCUT2D eigenvalue weighted by Gasteiger charge is -2.07. The summed E-state index contributed by atoms with van der Waals surface area (Å²) in [7, 11) is -4.28. The van der Waals surface area contributed by atoms with Crippen LogP contribution in [0.25, 0.3) is 0 Å². The Morgan fingerprint density at radius 3 is 2.47 bits per heavy atom. The van der Waals surface area contributed by atoms with Crippen LogP contribution in [0.5, 0.6) is 0 Å². The van der Waals surface area contributed by atoms with Gasteiger partial charge in [0.15, 0.2) is 4.67 Å². The lowest BCUT2D eigenvalue weighted by molar-refractivity contribution is -0.132. The first-order chi connectivity index (χ1) is 8.53. The van der Waals surface area contributed by atoms with Crippen molar-refractivity contribution in [2.24, 2.45) is 0 Å². The molecule has 0 aliphatic carbocycles. The summed E-state index contributed by atoms with van der Waals surface area (Å²) in [5, 5.41) is 8.59. The van der Waals surface area contributed by atoms with Crippen molar-refractivity contribution < 1.29 is 35.9 Å². The SMILES string of the molecule is O=C(O)c1cc(S(=O)(=O)NCCC(F)(F)F)c(Br)o1. The van der Waals surface area contributed by atoms with Crippen molar-refractivity contribution in [3.63, 3.8) is 0 Å². The molecule has 108 valence electrons. The fourth-order valence-electron chi connectivity index (χ4n) is 1.05. The van der Waals surface area contributed by atoms with Gasteiger partial charge in [-0.25, -0.2) is 17.9 Å². The van der Waals surface area contributed by atoms with Crippen LogP contribution in [-0.2, 0) is 10.0 Å². The lowest BCUT2D eigenvalue weighted by atomic mass is 10.4. The highest BCUT2D eigenvalue weighted by molar-refractivity contribution is 9.10. The molecule has 0 spiro atoms. The molecule has 1 rings (SSSR count). The Morgan fingerprint density at radius 2 is 2.05 bits per heavy atom. The van der Waals surface area contributed by atoms with Gasteiger partial charge >= 0.3 is 12.1 Å². The third-order valence-corrected chi connectivity index (χ3v) is 4.17. The largest absolute Gasteiger partial charge is 0.475 e. The van der Waals surface area contributed by atoms with E-state index in [0.29, 0.717) is 6.07 Å². The maximum Gasteiger partial charge on any atom is 0.390 e. The molecule has 0 atom stereocenters. The van der Waals surface area contributed by atoms with Gasteiger partial charge in [-0.2, -0.15) is 13.2 Å². The molecular weight excluding hydrogens is 359 g/mol. The molecule has 0 bridgehead atoms. The molecule has 0 aromatic carbocycles. The van der Waals surface area contributed by atoms with Crippen molar-refractivity contribution in [2.75, 3.05) is 6.54 Å². The number of alkyl halides is 3. The van der Waals surface area contributed by atoms with Crippen LogP contribution in [-0.4, -0.2) is 32.2 Å². The van der Waals surface area contributed by atoms with Crippen molar-refractivity contribution in [1.82, 2.24) is 4.72 Å². The number of sulfonamides is 1. The second-order valence-electron chi connectivity index (χ2n) is 3.32. The minimum atomic E-state index is -4.50. The molecule has 0 radical (unpaired) electrons. The number of hydrogen-bond donors (Lipinski definition) is 2. The van der Waals surface area contributed by atoms with Gasteiger partial charge in [-0.1, -0.05) is 0 Å². The first-order valence-electron chi connectivity index (χ1n) is 4.62. The van der Waals surface area contributed by atoms with Crippen molar-refractivity contribution in [2.45, 2.75) is 17.5 Å². The van der Waals surface area contributed by atoms with Crippen LogP contribution in [0.4, 0.5) is 13.2 Å². The third kappa shape index (κ3) is 4.51. The Kier molecular flexibility index (Phi) is 4.63. The average Bonchev–Trinajstić information content (AvgIpc) is 2.58. The van der Waals surface area contributed by atoms with E-state index in [2.05, 4.69) is 20.3 Å². The van der Waals surface area contributed by atoms with Gasteiger partial charge in [0.2, 0.25) is 15.8 Å². The number of carboxylic acid groups (broad SMARTS) is 1. The van der Waals surface area contributed by atoms with E-state index in [9.17, 15) is 26.4 Å². The zero-order chi connectivity index (χ0) is 14.8. The van der Waals surface area contributed by atoms with Gasteiger partial charge in [0.25, 0.3) is 0 Å². The quantitative estimate of drug-likeness (QED) is 0.831. The number of furan rings is 1. The lowest BCUT2D eigenvalue weighted by Crippen LogP contribution is -2.28. The first kappa shape index (κ1) is 16.0. The number of carboxylic acids is 1. The summed E-state index contributed by atoms with van der Waals surface area (Å²) in [4.78, 5) is 9.98. The zero-order valence-electron chi connectivity index (χ0n) is 8.99. The maximum absolute atomic E-state index is 11.9. The number of nitrogens with one attached hydrogen (secondary N) is 1. The smallest absolute Gasteiger partial charge is 0.390 e. The van der Waals surface area contributed by atoms with Crippen LogP contribution < -0.4 is 4.72 Å². The Hall–Kier alpha value is -1.07. The average molecular weight is 366 g/mol. The second-order valence-corrected chi connectivity index (χ2v) is 5.77. The summed E-state index contributed by atoms with van der Waals surface area (Å²) < 4.78 is 64.8. The molecule has 6 nitrogen and oxygen atoms in total. The topological polar surface area (TPSA) is 96.6 Å². The normalized spacial score (nSPS) is 12.6. The molecule has 11 heteroatoms. The summed E-state index contributed by atoms with van der Waals surface area (Å²) in [5.74, 6) is -2.15. The van der Waals surface area contributed by atoms with Gasteiger partial charge in [-0.15, -0.1) is 0 Å². The molecule has 0 fully saturated rings. The fourth-order valence-corrected chi connectivity index (χ4v) is 3.02. The van der Waals surface area contributed by atoms with Gasteiger partial charge < -0.3 is 9.52 Å². The zero-order valence-corrected chi connectivity index (χ0v) is 11.4. The number of halogens is 4. The summed E-state index contributed by atoms with van der Waals surface area (Å²) in [5.41, 5.74) is 0. The molecule has 1 heterocycles. The number of hydrogen-bond acceptors (Lipinski definition) is 4. The highest BCUT2D eigenvalue weighted by Gasteiger charge is 2.29. The van der Waals surface area contributed by atoms with Crippen LogP contribution in [0.3, 0.4) is 0 Å². The summed E-state index contributed by atoms with van der Waals surface area (Å²) >= 11 is 2.68. The van der Waals surface area contributed by atoms with Crippen LogP contribution in [0, 0.1) is 0 Å². The maximum atomic E-state index is 11.9. The van der Waals surface area contributed by atoms with Gasteiger partial charge in [-0.3, -0.25) is 0 Å². The van der Waals surface area contributed by atoms with Crippen molar-refractivity contribution in [3.8, 4) is 0 Å². The van der Waals surface area contributed by atoms with E-state index in [-0.39, 0.29) is 0 Å². The van der Waals surface area contributed by atoms with E-state index in [1.165, 1.54) is 0 Å². The van der Waals surface area contributed by atoms with E-state index in [0.717, 1.165) is 0 Å². The minimum Gasteiger partial charge on any atom is -0.475 e. The number of rotatable bonds is 5. The third-order valence-electron chi connectivity index (χ3n) is 1.86. The Balaban J connectivity index is 2.86. The van der Waals surface area contributed by atoms with Gasteiger partial charge in [0, 0.05) is 12.6 Å². The standard InChI is InChI=1S/C8H7BrF3NO5S/c9-6-5(3-4(18-6)7(14)15)19(16,17)13-2-1-8(10,11)12/h3,13H,1-2H2,(H,14,15). The van der Waals surface area contributed by atoms with E-state index < -0.39 is 50.5 Å². The predicted octanol–water partition coefficient (Wildman–Crippen LogP) is 1.97. The summed E-state index contributed by atoms with van der Waals surface area (Å²) in [6, 6.07) is 0.697. The molecule has 0 saturated heterocycles. The Labute approximate surface area is 113 Å². The number of carbonyl (C=O) groups is 1. The highest BCUT2D eigenvalue weighted by atomic mass is 79.9. The van der Waals surface area contributed by atoms with Crippen LogP contribution in [0.15, 0.2) is 20.0 Å². The van der Waals surface area contributed by atoms with Crippen molar-refractivity contribution in [3.05, 3.63) is 16.5 Å². The van der Waals surface area contributed by atoms with Crippen LogP contribution in [0.1, 0.15) is 17.0 Å². The molecule has 0 aliphatic rings. The molecule has 0 amide bonds. The summed E-state index contributed by atoms with van der Waals surface area (Å²) in [6.45, 7) is -0.855. The first-order valence-corrected chi connectivity index (χ1v) is 6.89. The number of aromatic carboxylic acids is 1. The van der Waals surface area contributed by atoms with Crippen molar-refractivity contribution in [1.29, 1.82) is 0 Å². The van der Waals surface area contributed by atoms with E-state index >= 15 is 0 Å². The van der Waals surface area contributed by atoms with Crippen LogP contribution in [0.2, 0.25) is 0 Å².